The van der Waals surface area contributed by atoms with Crippen LogP contribution in [0.2, 0.25) is 0 Å². The van der Waals surface area contributed by atoms with Crippen LogP contribution in [0.15, 0.2) is 42.7 Å². The van der Waals surface area contributed by atoms with Crippen LogP contribution in [-0.4, -0.2) is 15.7 Å². The van der Waals surface area contributed by atoms with E-state index in [1.165, 1.54) is 12.1 Å². The molecule has 1 aliphatic rings. The normalized spacial score (nSPS) is 15.5. The zero-order valence-electron chi connectivity index (χ0n) is 10.6. The van der Waals surface area contributed by atoms with E-state index in [0.29, 0.717) is 17.9 Å². The first-order valence-electron chi connectivity index (χ1n) is 6.21. The maximum atomic E-state index is 13.3. The number of amidine groups is 1. The zero-order valence-corrected chi connectivity index (χ0v) is 10.6. The standard InChI is InChI=1S/C15H14FN3/c1-10(11-4-6-18-7-5-11)19-9-12-2-3-13(16)8-14(12)15(19)17/h2-8,10,17H,9H2,1H3. The summed E-state index contributed by atoms with van der Waals surface area (Å²) < 4.78 is 13.3. The second kappa shape index (κ2) is 4.46. The lowest BCUT2D eigenvalue weighted by molar-refractivity contribution is 0.341. The number of hydrogen-bond donors (Lipinski definition) is 1. The number of rotatable bonds is 2. The van der Waals surface area contributed by atoms with Gasteiger partial charge in [-0.05, 0) is 42.3 Å². The van der Waals surface area contributed by atoms with E-state index < -0.39 is 0 Å². The molecule has 0 saturated heterocycles. The molecule has 2 heterocycles. The van der Waals surface area contributed by atoms with Gasteiger partial charge in [0.25, 0.3) is 0 Å². The van der Waals surface area contributed by atoms with Gasteiger partial charge in [-0.2, -0.15) is 0 Å². The number of benzene rings is 1. The molecular formula is C15H14FN3. The van der Waals surface area contributed by atoms with Crippen molar-refractivity contribution in [1.82, 2.24) is 9.88 Å². The average Bonchev–Trinajstić information content (AvgIpc) is 2.76. The molecule has 1 N–H and O–H groups in total. The highest BCUT2D eigenvalue weighted by Crippen LogP contribution is 2.31. The SMILES string of the molecule is CC(c1ccncc1)N1Cc2ccc(F)cc2C1=N. The predicted octanol–water partition coefficient (Wildman–Crippen LogP) is 3.12. The lowest BCUT2D eigenvalue weighted by atomic mass is 10.1. The number of nitrogens with zero attached hydrogens (tertiary/aromatic N) is 2. The highest BCUT2D eigenvalue weighted by atomic mass is 19.1. The topological polar surface area (TPSA) is 40.0 Å². The van der Waals surface area contributed by atoms with Gasteiger partial charge < -0.3 is 4.90 Å². The minimum atomic E-state index is -0.290. The molecule has 0 saturated carbocycles. The molecule has 1 aromatic carbocycles. The third-order valence-corrected chi connectivity index (χ3v) is 3.61. The molecule has 1 aromatic heterocycles. The number of hydrogen-bond acceptors (Lipinski definition) is 2. The van der Waals surface area contributed by atoms with Gasteiger partial charge in [-0.25, -0.2) is 4.39 Å². The first kappa shape index (κ1) is 11.8. The zero-order chi connectivity index (χ0) is 13.4. The van der Waals surface area contributed by atoms with Gasteiger partial charge in [0.1, 0.15) is 11.7 Å². The Morgan fingerprint density at radius 1 is 1.26 bits per heavy atom. The van der Waals surface area contributed by atoms with Crippen molar-refractivity contribution in [3.05, 3.63) is 65.2 Å². The van der Waals surface area contributed by atoms with Crippen LogP contribution in [0.25, 0.3) is 0 Å². The smallest absolute Gasteiger partial charge is 0.129 e. The molecule has 0 bridgehead atoms. The number of nitrogens with one attached hydrogen (secondary N) is 1. The van der Waals surface area contributed by atoms with Crippen molar-refractivity contribution in [3.63, 3.8) is 0 Å². The van der Waals surface area contributed by atoms with E-state index in [2.05, 4.69) is 4.98 Å². The Kier molecular flexibility index (Phi) is 2.78. The summed E-state index contributed by atoms with van der Waals surface area (Å²) in [6.07, 6.45) is 3.50. The molecule has 0 fully saturated rings. The molecule has 0 amide bonds. The molecule has 96 valence electrons. The second-order valence-electron chi connectivity index (χ2n) is 4.73. The first-order valence-corrected chi connectivity index (χ1v) is 6.21. The molecule has 3 nitrogen and oxygen atoms in total. The summed E-state index contributed by atoms with van der Waals surface area (Å²) in [7, 11) is 0. The van der Waals surface area contributed by atoms with Gasteiger partial charge in [-0.3, -0.25) is 10.4 Å². The van der Waals surface area contributed by atoms with E-state index in [-0.39, 0.29) is 11.9 Å². The highest BCUT2D eigenvalue weighted by molar-refractivity contribution is 6.00. The van der Waals surface area contributed by atoms with Gasteiger partial charge in [0.2, 0.25) is 0 Å². The lowest BCUT2D eigenvalue weighted by Gasteiger charge is -2.26. The minimum absolute atomic E-state index is 0.0750. The van der Waals surface area contributed by atoms with E-state index in [1.54, 1.807) is 18.5 Å². The van der Waals surface area contributed by atoms with Crippen molar-refractivity contribution in [2.24, 2.45) is 0 Å². The van der Waals surface area contributed by atoms with Crippen molar-refractivity contribution in [2.75, 3.05) is 0 Å². The van der Waals surface area contributed by atoms with Crippen LogP contribution in [0.3, 0.4) is 0 Å². The number of aromatic nitrogens is 1. The maximum absolute atomic E-state index is 13.3. The molecule has 0 radical (unpaired) electrons. The summed E-state index contributed by atoms with van der Waals surface area (Å²) in [4.78, 5) is 5.97. The third kappa shape index (κ3) is 1.99. The lowest BCUT2D eigenvalue weighted by Crippen LogP contribution is -2.27. The van der Waals surface area contributed by atoms with Crippen LogP contribution in [0.4, 0.5) is 4.39 Å². The van der Waals surface area contributed by atoms with Crippen LogP contribution in [0.1, 0.15) is 29.7 Å². The number of halogens is 1. The average molecular weight is 255 g/mol. The Morgan fingerprint density at radius 3 is 2.74 bits per heavy atom. The fraction of sp³-hybridized carbons (Fsp3) is 0.200. The van der Waals surface area contributed by atoms with E-state index in [4.69, 9.17) is 5.41 Å². The first-order chi connectivity index (χ1) is 9.16. The summed E-state index contributed by atoms with van der Waals surface area (Å²) in [5.74, 6) is 0.0979. The van der Waals surface area contributed by atoms with Gasteiger partial charge in [0.05, 0.1) is 6.04 Å². The van der Waals surface area contributed by atoms with Gasteiger partial charge >= 0.3 is 0 Å². The molecule has 4 heteroatoms. The van der Waals surface area contributed by atoms with E-state index in [9.17, 15) is 4.39 Å². The Hall–Kier alpha value is -2.23. The maximum Gasteiger partial charge on any atom is 0.129 e. The molecule has 1 aliphatic heterocycles. The minimum Gasteiger partial charge on any atom is -0.345 e. The second-order valence-corrected chi connectivity index (χ2v) is 4.73. The Balaban J connectivity index is 1.92. The third-order valence-electron chi connectivity index (χ3n) is 3.61. The Morgan fingerprint density at radius 2 is 2.00 bits per heavy atom. The molecule has 0 spiro atoms. The Labute approximate surface area is 111 Å². The van der Waals surface area contributed by atoms with Crippen LogP contribution >= 0.6 is 0 Å². The van der Waals surface area contributed by atoms with Crippen LogP contribution < -0.4 is 0 Å². The summed E-state index contributed by atoms with van der Waals surface area (Å²) in [6, 6.07) is 8.62. The van der Waals surface area contributed by atoms with Crippen LogP contribution in [0, 0.1) is 11.2 Å². The van der Waals surface area contributed by atoms with E-state index in [1.807, 2.05) is 24.0 Å². The molecule has 3 rings (SSSR count). The van der Waals surface area contributed by atoms with Crippen LogP contribution in [0.5, 0.6) is 0 Å². The van der Waals surface area contributed by atoms with Crippen molar-refractivity contribution in [2.45, 2.75) is 19.5 Å². The Bertz CT molecular complexity index is 625. The van der Waals surface area contributed by atoms with Crippen molar-refractivity contribution in [1.29, 1.82) is 5.41 Å². The molecular weight excluding hydrogens is 241 g/mol. The molecule has 19 heavy (non-hydrogen) atoms. The quantitative estimate of drug-likeness (QED) is 0.895. The number of fused-ring (bicyclic) bond motifs is 1. The molecule has 1 atom stereocenters. The summed E-state index contributed by atoms with van der Waals surface area (Å²) in [5.41, 5.74) is 2.81. The van der Waals surface area contributed by atoms with Gasteiger partial charge in [0.15, 0.2) is 0 Å². The van der Waals surface area contributed by atoms with Gasteiger partial charge in [-0.1, -0.05) is 6.07 Å². The molecule has 1 unspecified atom stereocenters. The monoisotopic (exact) mass is 255 g/mol. The summed E-state index contributed by atoms with van der Waals surface area (Å²) in [5, 5.41) is 8.21. The van der Waals surface area contributed by atoms with Crippen molar-refractivity contribution < 1.29 is 4.39 Å². The predicted molar refractivity (Wildman–Crippen MR) is 71.4 cm³/mol. The highest BCUT2D eigenvalue weighted by Gasteiger charge is 2.28. The largest absolute Gasteiger partial charge is 0.345 e. The number of pyridine rings is 1. The van der Waals surface area contributed by atoms with Gasteiger partial charge in [0, 0.05) is 24.5 Å². The fourth-order valence-electron chi connectivity index (χ4n) is 2.48. The molecule has 2 aromatic rings. The van der Waals surface area contributed by atoms with E-state index in [0.717, 1.165) is 11.1 Å². The van der Waals surface area contributed by atoms with Gasteiger partial charge in [-0.15, -0.1) is 0 Å². The summed E-state index contributed by atoms with van der Waals surface area (Å²) >= 11 is 0. The summed E-state index contributed by atoms with van der Waals surface area (Å²) in [6.45, 7) is 2.70. The van der Waals surface area contributed by atoms with Crippen LogP contribution in [-0.2, 0) is 6.54 Å². The molecule has 0 aliphatic carbocycles. The van der Waals surface area contributed by atoms with Crippen molar-refractivity contribution >= 4 is 5.84 Å². The van der Waals surface area contributed by atoms with E-state index >= 15 is 0 Å². The van der Waals surface area contributed by atoms with Crippen molar-refractivity contribution in [3.8, 4) is 0 Å². The fourth-order valence-corrected chi connectivity index (χ4v) is 2.48.